The summed E-state index contributed by atoms with van der Waals surface area (Å²) in [5.41, 5.74) is -0.823. The predicted octanol–water partition coefficient (Wildman–Crippen LogP) is 4.80. The van der Waals surface area contributed by atoms with Crippen LogP contribution < -0.4 is 4.90 Å². The second kappa shape index (κ2) is 7.43. The number of carbonyl (C=O) groups is 4. The molecule has 2 saturated heterocycles. The lowest BCUT2D eigenvalue weighted by Gasteiger charge is -2.27. The Labute approximate surface area is 207 Å². The Balaban J connectivity index is 1.55. The third-order valence-electron chi connectivity index (χ3n) is 6.78. The Bertz CT molecular complexity index is 1380. The van der Waals surface area contributed by atoms with Gasteiger partial charge in [-0.2, -0.15) is 0 Å². The van der Waals surface area contributed by atoms with Crippen molar-refractivity contribution in [1.82, 2.24) is 0 Å². The van der Waals surface area contributed by atoms with E-state index in [1.807, 2.05) is 0 Å². The Morgan fingerprint density at radius 1 is 0.824 bits per heavy atom. The average molecular weight is 537 g/mol. The molecule has 2 amide bonds. The number of fused-ring (bicyclic) bond motifs is 3. The summed E-state index contributed by atoms with van der Waals surface area (Å²) < 4.78 is 7.02. The first-order valence-corrected chi connectivity index (χ1v) is 11.8. The summed E-state index contributed by atoms with van der Waals surface area (Å²) >= 11 is 9.55. The van der Waals surface area contributed by atoms with E-state index in [-0.39, 0.29) is 11.1 Å². The first-order valence-electron chi connectivity index (χ1n) is 10.6. The Hall–Kier alpha value is -3.13. The Morgan fingerprint density at radius 2 is 1.47 bits per heavy atom. The van der Waals surface area contributed by atoms with Gasteiger partial charge in [0, 0.05) is 20.6 Å². The molecule has 1 aliphatic carbocycles. The zero-order valence-corrected chi connectivity index (χ0v) is 19.7. The van der Waals surface area contributed by atoms with Crippen molar-refractivity contribution in [3.63, 3.8) is 0 Å². The van der Waals surface area contributed by atoms with Crippen LogP contribution in [0.1, 0.15) is 32.4 Å². The van der Waals surface area contributed by atoms with Crippen LogP contribution in [0.4, 0.5) is 5.69 Å². The van der Waals surface area contributed by atoms with Crippen molar-refractivity contribution in [2.45, 2.75) is 11.7 Å². The number of hydrogen-bond acceptors (Lipinski definition) is 5. The fourth-order valence-corrected chi connectivity index (χ4v) is 5.81. The Morgan fingerprint density at radius 3 is 2.09 bits per heavy atom. The molecule has 0 aromatic heterocycles. The van der Waals surface area contributed by atoms with E-state index in [2.05, 4.69) is 15.9 Å². The minimum atomic E-state index is -2.10. The average Bonchev–Trinajstić information content (AvgIpc) is 3.40. The van der Waals surface area contributed by atoms with Gasteiger partial charge in [0.15, 0.2) is 0 Å². The summed E-state index contributed by atoms with van der Waals surface area (Å²) in [5.74, 6) is -4.68. The predicted molar refractivity (Wildman–Crippen MR) is 127 cm³/mol. The van der Waals surface area contributed by atoms with Crippen LogP contribution in [0.5, 0.6) is 0 Å². The molecule has 6 nitrogen and oxygen atoms in total. The van der Waals surface area contributed by atoms with Gasteiger partial charge in [-0.15, -0.1) is 0 Å². The van der Waals surface area contributed by atoms with E-state index in [4.69, 9.17) is 16.3 Å². The largest absolute Gasteiger partial charge is 0.349 e. The van der Waals surface area contributed by atoms with Crippen molar-refractivity contribution in [2.75, 3.05) is 4.90 Å². The lowest BCUT2D eigenvalue weighted by atomic mass is 9.77. The lowest BCUT2D eigenvalue weighted by Crippen LogP contribution is -2.51. The number of nitrogens with zero attached hydrogens (tertiary/aromatic N) is 1. The summed E-state index contributed by atoms with van der Waals surface area (Å²) in [5, 5.41) is 0.410. The van der Waals surface area contributed by atoms with Crippen molar-refractivity contribution >= 4 is 56.6 Å². The van der Waals surface area contributed by atoms with Crippen LogP contribution in [0, 0.1) is 11.8 Å². The van der Waals surface area contributed by atoms with Gasteiger partial charge in [0.2, 0.25) is 29.0 Å². The zero-order valence-electron chi connectivity index (χ0n) is 17.4. The van der Waals surface area contributed by atoms with Crippen LogP contribution in [-0.2, 0) is 14.3 Å². The minimum absolute atomic E-state index is 0.195. The highest BCUT2D eigenvalue weighted by atomic mass is 79.9. The van der Waals surface area contributed by atoms with Crippen LogP contribution in [0.25, 0.3) is 0 Å². The molecule has 6 rings (SSSR count). The highest BCUT2D eigenvalue weighted by Gasteiger charge is 2.74. The van der Waals surface area contributed by atoms with Crippen LogP contribution in [0.2, 0.25) is 5.02 Å². The maximum atomic E-state index is 13.8. The van der Waals surface area contributed by atoms with E-state index in [1.54, 1.807) is 72.8 Å². The summed E-state index contributed by atoms with van der Waals surface area (Å²) in [7, 11) is 0. The fraction of sp³-hybridized carbons (Fsp3) is 0.154. The molecule has 2 aliphatic heterocycles. The van der Waals surface area contributed by atoms with Crippen LogP contribution in [0.3, 0.4) is 0 Å². The monoisotopic (exact) mass is 535 g/mol. The quantitative estimate of drug-likeness (QED) is 0.347. The smallest absolute Gasteiger partial charge is 0.241 e. The third kappa shape index (κ3) is 2.72. The topological polar surface area (TPSA) is 80.8 Å². The normalized spacial score (nSPS) is 24.8. The van der Waals surface area contributed by atoms with Gasteiger partial charge >= 0.3 is 0 Å². The molecular weight excluding hydrogens is 522 g/mol. The first kappa shape index (κ1) is 21.4. The number of ether oxygens (including phenoxy) is 1. The van der Waals surface area contributed by atoms with Gasteiger partial charge in [-0.3, -0.25) is 19.2 Å². The number of imide groups is 1. The third-order valence-corrected chi connectivity index (χ3v) is 7.54. The van der Waals surface area contributed by atoms with Crippen molar-refractivity contribution in [3.8, 4) is 0 Å². The van der Waals surface area contributed by atoms with Gasteiger partial charge in [0.05, 0.1) is 23.6 Å². The molecule has 3 aromatic rings. The van der Waals surface area contributed by atoms with E-state index in [1.165, 1.54) is 0 Å². The highest BCUT2D eigenvalue weighted by molar-refractivity contribution is 9.10. The number of carbonyl (C=O) groups excluding carboxylic acids is 4. The number of halogens is 2. The maximum absolute atomic E-state index is 13.8. The molecule has 34 heavy (non-hydrogen) atoms. The second-order valence-corrected chi connectivity index (χ2v) is 9.88. The summed E-state index contributed by atoms with van der Waals surface area (Å²) in [6.07, 6.45) is -0.997. The van der Waals surface area contributed by atoms with E-state index in [9.17, 15) is 19.2 Å². The SMILES string of the molecule is O=C1[C@H]2[C@@H](c3cccc(Cl)c3)OC3(C(=O)c4ccccc4C3=O)[C@H]2C(=O)N1c1ccc(Br)cc1. The number of Topliss-reactive ketones (excluding diaryl/α,β-unsaturated/α-hetero) is 2. The zero-order chi connectivity index (χ0) is 23.8. The van der Waals surface area contributed by atoms with Gasteiger partial charge in [-0.25, -0.2) is 4.90 Å². The molecule has 1 spiro atoms. The van der Waals surface area contributed by atoms with Gasteiger partial charge in [-0.1, -0.05) is 63.9 Å². The molecule has 8 heteroatoms. The molecule has 3 atom stereocenters. The number of anilines is 1. The number of ketones is 2. The number of benzene rings is 3. The number of rotatable bonds is 2. The van der Waals surface area contributed by atoms with E-state index < -0.39 is 46.9 Å². The lowest BCUT2D eigenvalue weighted by molar-refractivity contribution is -0.127. The van der Waals surface area contributed by atoms with Crippen LogP contribution >= 0.6 is 27.5 Å². The van der Waals surface area contributed by atoms with Crippen molar-refractivity contribution in [1.29, 1.82) is 0 Å². The van der Waals surface area contributed by atoms with Gasteiger partial charge in [-0.05, 0) is 42.0 Å². The molecule has 0 bridgehead atoms. The molecule has 0 radical (unpaired) electrons. The van der Waals surface area contributed by atoms with Crippen LogP contribution in [0.15, 0.2) is 77.3 Å². The standard InChI is InChI=1S/C26H15BrClNO5/c27-14-8-10-16(11-9-14)29-24(32)19-20(25(29)33)26(34-21(19)13-4-3-5-15(28)12-13)22(30)17-6-1-2-7-18(17)23(26)31/h1-12,19-21H/t19-,20-,21-/m1/s1. The molecular formula is C26H15BrClNO5. The van der Waals surface area contributed by atoms with Gasteiger partial charge < -0.3 is 4.74 Å². The van der Waals surface area contributed by atoms with Crippen molar-refractivity contribution < 1.29 is 23.9 Å². The Kier molecular flexibility index (Phi) is 4.68. The van der Waals surface area contributed by atoms with Crippen molar-refractivity contribution in [3.05, 3.63) is 99.0 Å². The maximum Gasteiger partial charge on any atom is 0.241 e. The molecule has 0 N–H and O–H groups in total. The van der Waals surface area contributed by atoms with Gasteiger partial charge in [0.25, 0.3) is 0 Å². The van der Waals surface area contributed by atoms with E-state index >= 15 is 0 Å². The first-order chi connectivity index (χ1) is 16.3. The molecule has 168 valence electrons. The van der Waals surface area contributed by atoms with Crippen LogP contribution in [-0.4, -0.2) is 29.0 Å². The van der Waals surface area contributed by atoms with E-state index in [0.717, 1.165) is 9.37 Å². The summed E-state index contributed by atoms with van der Waals surface area (Å²) in [4.78, 5) is 56.0. The highest BCUT2D eigenvalue weighted by Crippen LogP contribution is 2.57. The molecule has 2 heterocycles. The molecule has 3 aromatic carbocycles. The number of hydrogen-bond donors (Lipinski definition) is 0. The van der Waals surface area contributed by atoms with E-state index in [0.29, 0.717) is 16.3 Å². The molecule has 0 unspecified atom stereocenters. The van der Waals surface area contributed by atoms with Crippen molar-refractivity contribution in [2.24, 2.45) is 11.8 Å². The van der Waals surface area contributed by atoms with Gasteiger partial charge in [0.1, 0.15) is 0 Å². The number of amides is 2. The summed E-state index contributed by atoms with van der Waals surface area (Å²) in [6, 6.07) is 19.8. The molecule has 0 saturated carbocycles. The fourth-order valence-electron chi connectivity index (χ4n) is 5.35. The summed E-state index contributed by atoms with van der Waals surface area (Å²) in [6.45, 7) is 0. The second-order valence-electron chi connectivity index (χ2n) is 8.52. The minimum Gasteiger partial charge on any atom is -0.349 e. The molecule has 3 aliphatic rings. The molecule has 2 fully saturated rings.